The Kier molecular flexibility index (Phi) is 3.11. The fourth-order valence-electron chi connectivity index (χ4n) is 3.81. The second kappa shape index (κ2) is 4.85. The van der Waals surface area contributed by atoms with Crippen molar-refractivity contribution in [1.29, 1.82) is 0 Å². The van der Waals surface area contributed by atoms with E-state index in [-0.39, 0.29) is 11.7 Å². The first kappa shape index (κ1) is 12.8. The number of amides is 1. The number of hydrogen-bond donors (Lipinski definition) is 1. The molecule has 1 amide bonds. The summed E-state index contributed by atoms with van der Waals surface area (Å²) in [5, 5.41) is 5.76. The molecule has 2 saturated carbocycles. The molecule has 1 aromatic heterocycles. The van der Waals surface area contributed by atoms with E-state index in [9.17, 15) is 4.79 Å². The van der Waals surface area contributed by atoms with Gasteiger partial charge in [0.1, 0.15) is 11.7 Å². The van der Waals surface area contributed by atoms with Gasteiger partial charge < -0.3 is 4.90 Å². The Morgan fingerprint density at radius 1 is 1.20 bits per heavy atom. The minimum Gasteiger partial charge on any atom is -0.317 e. The van der Waals surface area contributed by atoms with Crippen LogP contribution in [0.3, 0.4) is 0 Å². The number of nitrogens with zero attached hydrogens (tertiary/aromatic N) is 1. The van der Waals surface area contributed by atoms with Crippen molar-refractivity contribution >= 4 is 17.2 Å². The number of carbonyl (C=O) groups excluding carboxylic acids is 1. The van der Waals surface area contributed by atoms with Crippen molar-refractivity contribution in [2.24, 2.45) is 0 Å². The third-order valence-electron chi connectivity index (χ3n) is 5.12. The van der Waals surface area contributed by atoms with Crippen LogP contribution in [0.2, 0.25) is 0 Å². The standard InChI is InChI=1S/C16H22N2OS/c19-15-16(9-10-16)17-14(13-8-5-11-20-13)18(15)12-6-3-1-2-4-7-12/h5,8,11-12,14,17H,1-4,6-7,9-10H2. The summed E-state index contributed by atoms with van der Waals surface area (Å²) < 4.78 is 0. The molecule has 1 N–H and O–H groups in total. The maximum atomic E-state index is 12.9. The van der Waals surface area contributed by atoms with E-state index in [1.54, 1.807) is 11.3 Å². The normalized spacial score (nSPS) is 29.9. The molecule has 4 rings (SSSR count). The largest absolute Gasteiger partial charge is 0.317 e. The monoisotopic (exact) mass is 290 g/mol. The van der Waals surface area contributed by atoms with Gasteiger partial charge in [-0.2, -0.15) is 0 Å². The van der Waals surface area contributed by atoms with Crippen molar-refractivity contribution in [2.45, 2.75) is 69.1 Å². The van der Waals surface area contributed by atoms with Crippen LogP contribution in [0.1, 0.15) is 62.4 Å². The lowest BCUT2D eigenvalue weighted by atomic mass is 10.1. The van der Waals surface area contributed by atoms with Gasteiger partial charge in [0, 0.05) is 10.9 Å². The molecule has 3 nitrogen and oxygen atoms in total. The Morgan fingerprint density at radius 2 is 1.95 bits per heavy atom. The number of nitrogens with one attached hydrogen (secondary N) is 1. The highest BCUT2D eigenvalue weighted by atomic mass is 32.1. The lowest BCUT2D eigenvalue weighted by Gasteiger charge is -2.31. The van der Waals surface area contributed by atoms with Gasteiger partial charge >= 0.3 is 0 Å². The third kappa shape index (κ3) is 2.01. The molecule has 108 valence electrons. The van der Waals surface area contributed by atoms with Gasteiger partial charge in [0.2, 0.25) is 5.91 Å². The molecule has 4 heteroatoms. The van der Waals surface area contributed by atoms with E-state index in [1.807, 2.05) is 0 Å². The Bertz CT molecular complexity index is 487. The Labute approximate surface area is 124 Å². The molecule has 1 atom stereocenters. The van der Waals surface area contributed by atoms with Crippen LogP contribution in [0.5, 0.6) is 0 Å². The summed E-state index contributed by atoms with van der Waals surface area (Å²) >= 11 is 1.77. The highest BCUT2D eigenvalue weighted by molar-refractivity contribution is 7.10. The highest BCUT2D eigenvalue weighted by Crippen LogP contribution is 2.48. The summed E-state index contributed by atoms with van der Waals surface area (Å²) in [5.41, 5.74) is -0.193. The minimum atomic E-state index is -0.193. The van der Waals surface area contributed by atoms with E-state index in [2.05, 4.69) is 27.7 Å². The summed E-state index contributed by atoms with van der Waals surface area (Å²) in [5.74, 6) is 0.378. The smallest absolute Gasteiger partial charge is 0.244 e. The van der Waals surface area contributed by atoms with Crippen LogP contribution in [0.15, 0.2) is 17.5 Å². The highest BCUT2D eigenvalue weighted by Gasteiger charge is 2.60. The van der Waals surface area contributed by atoms with Crippen molar-refractivity contribution < 1.29 is 4.79 Å². The first-order valence-electron chi connectivity index (χ1n) is 7.94. The molecule has 1 spiro atoms. The van der Waals surface area contributed by atoms with Crippen molar-refractivity contribution in [1.82, 2.24) is 10.2 Å². The maximum absolute atomic E-state index is 12.9. The van der Waals surface area contributed by atoms with Crippen LogP contribution in [0.4, 0.5) is 0 Å². The number of carbonyl (C=O) groups is 1. The zero-order valence-corrected chi connectivity index (χ0v) is 12.6. The van der Waals surface area contributed by atoms with Crippen LogP contribution in [-0.2, 0) is 4.79 Å². The molecule has 1 aromatic rings. The van der Waals surface area contributed by atoms with Gasteiger partial charge in [0.25, 0.3) is 0 Å². The summed E-state index contributed by atoms with van der Waals surface area (Å²) in [4.78, 5) is 16.4. The molecular weight excluding hydrogens is 268 g/mol. The lowest BCUT2D eigenvalue weighted by molar-refractivity contribution is -0.133. The lowest BCUT2D eigenvalue weighted by Crippen LogP contribution is -2.40. The molecule has 2 heterocycles. The summed E-state index contributed by atoms with van der Waals surface area (Å²) in [7, 11) is 0. The van der Waals surface area contributed by atoms with Crippen molar-refractivity contribution in [2.75, 3.05) is 0 Å². The Balaban J connectivity index is 1.64. The summed E-state index contributed by atoms with van der Waals surface area (Å²) in [6.45, 7) is 0. The molecular formula is C16H22N2OS. The van der Waals surface area contributed by atoms with Crippen LogP contribution in [0, 0.1) is 0 Å². The van der Waals surface area contributed by atoms with E-state index in [1.165, 1.54) is 43.4 Å². The van der Waals surface area contributed by atoms with Gasteiger partial charge in [0.05, 0.1) is 0 Å². The van der Waals surface area contributed by atoms with Crippen molar-refractivity contribution in [3.63, 3.8) is 0 Å². The molecule has 20 heavy (non-hydrogen) atoms. The first-order valence-corrected chi connectivity index (χ1v) is 8.82. The fraction of sp³-hybridized carbons (Fsp3) is 0.688. The average Bonchev–Trinajstić information content (AvgIpc) is 3.04. The van der Waals surface area contributed by atoms with Crippen LogP contribution < -0.4 is 5.32 Å². The summed E-state index contributed by atoms with van der Waals surface area (Å²) in [6.07, 6.45) is 9.77. The van der Waals surface area contributed by atoms with Gasteiger partial charge in [-0.15, -0.1) is 11.3 Å². The quantitative estimate of drug-likeness (QED) is 0.846. The minimum absolute atomic E-state index is 0.132. The second-order valence-corrected chi connectivity index (χ2v) is 7.48. The molecule has 0 aromatic carbocycles. The SMILES string of the molecule is O=C1N(C2CCCCCC2)C(c2cccs2)NC12CC2. The molecule has 1 aliphatic heterocycles. The average molecular weight is 290 g/mol. The Morgan fingerprint density at radius 3 is 2.55 bits per heavy atom. The van der Waals surface area contributed by atoms with Gasteiger partial charge in [-0.3, -0.25) is 10.1 Å². The maximum Gasteiger partial charge on any atom is 0.244 e. The van der Waals surface area contributed by atoms with E-state index in [0.29, 0.717) is 11.9 Å². The predicted octanol–water partition coefficient (Wildman–Crippen LogP) is 3.43. The number of hydrogen-bond acceptors (Lipinski definition) is 3. The van der Waals surface area contributed by atoms with E-state index < -0.39 is 0 Å². The molecule has 1 saturated heterocycles. The molecule has 1 unspecified atom stereocenters. The van der Waals surface area contributed by atoms with Crippen molar-refractivity contribution in [3.8, 4) is 0 Å². The topological polar surface area (TPSA) is 32.3 Å². The van der Waals surface area contributed by atoms with Crippen LogP contribution in [0.25, 0.3) is 0 Å². The van der Waals surface area contributed by atoms with Gasteiger partial charge in [-0.05, 0) is 37.1 Å². The molecule has 3 fully saturated rings. The molecule has 0 radical (unpaired) electrons. The fourth-order valence-corrected chi connectivity index (χ4v) is 4.58. The van der Waals surface area contributed by atoms with E-state index >= 15 is 0 Å². The van der Waals surface area contributed by atoms with E-state index in [4.69, 9.17) is 0 Å². The zero-order chi connectivity index (χ0) is 13.6. The zero-order valence-electron chi connectivity index (χ0n) is 11.8. The van der Waals surface area contributed by atoms with E-state index in [0.717, 1.165) is 12.8 Å². The molecule has 0 bridgehead atoms. The molecule has 3 aliphatic rings. The van der Waals surface area contributed by atoms with Crippen LogP contribution in [-0.4, -0.2) is 22.4 Å². The van der Waals surface area contributed by atoms with Crippen molar-refractivity contribution in [3.05, 3.63) is 22.4 Å². The van der Waals surface area contributed by atoms with Gasteiger partial charge in [-0.1, -0.05) is 31.7 Å². The Hall–Kier alpha value is -0.870. The summed E-state index contributed by atoms with van der Waals surface area (Å²) in [6, 6.07) is 4.71. The van der Waals surface area contributed by atoms with Gasteiger partial charge in [0.15, 0.2) is 0 Å². The first-order chi connectivity index (χ1) is 9.80. The van der Waals surface area contributed by atoms with Gasteiger partial charge in [-0.25, -0.2) is 0 Å². The number of thiophene rings is 1. The second-order valence-electron chi connectivity index (χ2n) is 6.50. The number of rotatable bonds is 2. The predicted molar refractivity (Wildman–Crippen MR) is 80.5 cm³/mol. The van der Waals surface area contributed by atoms with Crippen LogP contribution >= 0.6 is 11.3 Å². The molecule has 2 aliphatic carbocycles. The third-order valence-corrected chi connectivity index (χ3v) is 6.04.